The average molecular weight is 404 g/mol. The molecule has 0 aliphatic heterocycles. The predicted octanol–water partition coefficient (Wildman–Crippen LogP) is 5.20. The standard InChI is InChI=1S/C20H19Cl2N3O2/c1-3-27-17-8-5-14(6-9-17)20(26)23-19-10-13(2)25(24-19)12-15-4-7-16(21)11-18(15)22/h4-11H,3,12H2,1-2H3,(H,23,24,26). The second kappa shape index (κ2) is 8.46. The van der Waals surface area contributed by atoms with Crippen LogP contribution in [0, 0.1) is 6.92 Å². The number of hydrogen-bond donors (Lipinski definition) is 1. The number of hydrogen-bond acceptors (Lipinski definition) is 3. The largest absolute Gasteiger partial charge is 0.494 e. The van der Waals surface area contributed by atoms with E-state index in [4.69, 9.17) is 27.9 Å². The molecule has 7 heteroatoms. The molecular weight excluding hydrogens is 385 g/mol. The number of halogens is 2. The molecule has 0 fully saturated rings. The van der Waals surface area contributed by atoms with E-state index in [1.165, 1.54) is 0 Å². The van der Waals surface area contributed by atoms with Crippen LogP contribution in [0.15, 0.2) is 48.5 Å². The number of benzene rings is 2. The maximum absolute atomic E-state index is 12.4. The lowest BCUT2D eigenvalue weighted by Crippen LogP contribution is -2.13. The Balaban J connectivity index is 1.71. The smallest absolute Gasteiger partial charge is 0.256 e. The van der Waals surface area contributed by atoms with Gasteiger partial charge in [0.05, 0.1) is 13.2 Å². The highest BCUT2D eigenvalue weighted by Crippen LogP contribution is 2.23. The molecule has 0 bridgehead atoms. The number of carbonyl (C=O) groups is 1. The summed E-state index contributed by atoms with van der Waals surface area (Å²) in [4.78, 5) is 12.4. The van der Waals surface area contributed by atoms with Gasteiger partial charge in [-0.1, -0.05) is 29.3 Å². The number of rotatable bonds is 6. The number of carbonyl (C=O) groups excluding carboxylic acids is 1. The molecule has 0 radical (unpaired) electrons. The van der Waals surface area contributed by atoms with E-state index < -0.39 is 0 Å². The van der Waals surface area contributed by atoms with Crippen LogP contribution < -0.4 is 10.1 Å². The Labute approximate surface area is 167 Å². The molecule has 3 aromatic rings. The minimum atomic E-state index is -0.229. The van der Waals surface area contributed by atoms with Crippen LogP contribution in [0.2, 0.25) is 10.0 Å². The van der Waals surface area contributed by atoms with Crippen molar-refractivity contribution in [2.24, 2.45) is 0 Å². The van der Waals surface area contributed by atoms with Gasteiger partial charge in [0.1, 0.15) is 5.75 Å². The first-order valence-corrected chi connectivity index (χ1v) is 9.24. The van der Waals surface area contributed by atoms with Crippen molar-refractivity contribution in [2.45, 2.75) is 20.4 Å². The molecule has 5 nitrogen and oxygen atoms in total. The van der Waals surface area contributed by atoms with Gasteiger partial charge in [-0.15, -0.1) is 0 Å². The number of amides is 1. The molecule has 1 heterocycles. The minimum absolute atomic E-state index is 0.229. The summed E-state index contributed by atoms with van der Waals surface area (Å²) in [6.45, 7) is 4.90. The van der Waals surface area contributed by atoms with Gasteiger partial charge in [-0.3, -0.25) is 9.48 Å². The molecular formula is C20H19Cl2N3O2. The molecule has 1 amide bonds. The van der Waals surface area contributed by atoms with Crippen LogP contribution in [0.25, 0.3) is 0 Å². The van der Waals surface area contributed by atoms with Crippen molar-refractivity contribution in [3.05, 3.63) is 75.4 Å². The van der Waals surface area contributed by atoms with Crippen LogP contribution in [-0.2, 0) is 6.54 Å². The average Bonchev–Trinajstić information content (AvgIpc) is 2.97. The highest BCUT2D eigenvalue weighted by Gasteiger charge is 2.11. The van der Waals surface area contributed by atoms with E-state index in [1.54, 1.807) is 41.1 Å². The van der Waals surface area contributed by atoms with E-state index in [2.05, 4.69) is 10.4 Å². The van der Waals surface area contributed by atoms with Gasteiger partial charge in [-0.2, -0.15) is 5.10 Å². The molecule has 0 unspecified atom stereocenters. The first-order chi connectivity index (χ1) is 13.0. The maximum Gasteiger partial charge on any atom is 0.256 e. The van der Waals surface area contributed by atoms with Crippen LogP contribution in [-0.4, -0.2) is 22.3 Å². The van der Waals surface area contributed by atoms with Gasteiger partial charge in [-0.05, 0) is 55.8 Å². The van der Waals surface area contributed by atoms with Crippen molar-refractivity contribution >= 4 is 34.9 Å². The number of aryl methyl sites for hydroxylation is 1. The molecule has 0 spiro atoms. The molecule has 0 aliphatic carbocycles. The molecule has 2 aromatic carbocycles. The number of aromatic nitrogens is 2. The SMILES string of the molecule is CCOc1ccc(C(=O)Nc2cc(C)n(Cc3ccc(Cl)cc3Cl)n2)cc1. The molecule has 27 heavy (non-hydrogen) atoms. The van der Waals surface area contributed by atoms with E-state index in [9.17, 15) is 4.79 Å². The Morgan fingerprint density at radius 1 is 1.15 bits per heavy atom. The minimum Gasteiger partial charge on any atom is -0.494 e. The summed E-state index contributed by atoms with van der Waals surface area (Å²) in [6, 6.07) is 14.1. The van der Waals surface area contributed by atoms with Gasteiger partial charge >= 0.3 is 0 Å². The van der Waals surface area contributed by atoms with Crippen molar-refractivity contribution in [2.75, 3.05) is 11.9 Å². The fraction of sp³-hybridized carbons (Fsp3) is 0.200. The summed E-state index contributed by atoms with van der Waals surface area (Å²) in [7, 11) is 0. The highest BCUT2D eigenvalue weighted by atomic mass is 35.5. The quantitative estimate of drug-likeness (QED) is 0.615. The van der Waals surface area contributed by atoms with Crippen molar-refractivity contribution in [3.63, 3.8) is 0 Å². The third-order valence-electron chi connectivity index (χ3n) is 3.99. The summed E-state index contributed by atoms with van der Waals surface area (Å²) in [6.07, 6.45) is 0. The molecule has 1 aromatic heterocycles. The summed E-state index contributed by atoms with van der Waals surface area (Å²) in [5.74, 6) is 0.984. The predicted molar refractivity (Wildman–Crippen MR) is 108 cm³/mol. The van der Waals surface area contributed by atoms with Crippen LogP contribution in [0.5, 0.6) is 5.75 Å². The summed E-state index contributed by atoms with van der Waals surface area (Å²) in [5.41, 5.74) is 2.34. The normalized spacial score (nSPS) is 10.7. The van der Waals surface area contributed by atoms with Crippen molar-refractivity contribution in [3.8, 4) is 5.75 Å². The molecule has 0 saturated carbocycles. The van der Waals surface area contributed by atoms with E-state index in [0.29, 0.717) is 34.6 Å². The summed E-state index contributed by atoms with van der Waals surface area (Å²) >= 11 is 12.2. The van der Waals surface area contributed by atoms with Crippen molar-refractivity contribution < 1.29 is 9.53 Å². The lowest BCUT2D eigenvalue weighted by atomic mass is 10.2. The Bertz CT molecular complexity index is 952. The Morgan fingerprint density at radius 3 is 2.56 bits per heavy atom. The van der Waals surface area contributed by atoms with Crippen LogP contribution in [0.1, 0.15) is 28.5 Å². The van der Waals surface area contributed by atoms with E-state index in [0.717, 1.165) is 17.0 Å². The zero-order chi connectivity index (χ0) is 19.4. The van der Waals surface area contributed by atoms with Gasteiger partial charge in [0.15, 0.2) is 5.82 Å². The molecule has 0 atom stereocenters. The second-order valence-corrected chi connectivity index (χ2v) is 6.82. The van der Waals surface area contributed by atoms with Crippen LogP contribution >= 0.6 is 23.2 Å². The molecule has 0 saturated heterocycles. The van der Waals surface area contributed by atoms with Crippen molar-refractivity contribution in [1.29, 1.82) is 0 Å². The van der Waals surface area contributed by atoms with Gasteiger partial charge < -0.3 is 10.1 Å². The topological polar surface area (TPSA) is 56.1 Å². The number of ether oxygens (including phenoxy) is 1. The number of nitrogens with one attached hydrogen (secondary N) is 1. The third kappa shape index (κ3) is 4.81. The lowest BCUT2D eigenvalue weighted by Gasteiger charge is -2.07. The van der Waals surface area contributed by atoms with Crippen LogP contribution in [0.3, 0.4) is 0 Å². The van der Waals surface area contributed by atoms with Gasteiger partial charge in [0.25, 0.3) is 5.91 Å². The molecule has 1 N–H and O–H groups in total. The molecule has 140 valence electrons. The zero-order valence-electron chi connectivity index (χ0n) is 15.0. The van der Waals surface area contributed by atoms with Gasteiger partial charge in [0.2, 0.25) is 0 Å². The first-order valence-electron chi connectivity index (χ1n) is 8.49. The van der Waals surface area contributed by atoms with E-state index >= 15 is 0 Å². The van der Waals surface area contributed by atoms with Gasteiger partial charge in [-0.25, -0.2) is 0 Å². The lowest BCUT2D eigenvalue weighted by molar-refractivity contribution is 0.102. The monoisotopic (exact) mass is 403 g/mol. The summed E-state index contributed by atoms with van der Waals surface area (Å²) in [5, 5.41) is 8.43. The van der Waals surface area contributed by atoms with Crippen molar-refractivity contribution in [1.82, 2.24) is 9.78 Å². The zero-order valence-corrected chi connectivity index (χ0v) is 16.5. The highest BCUT2D eigenvalue weighted by molar-refractivity contribution is 6.35. The Hall–Kier alpha value is -2.50. The molecule has 0 aliphatic rings. The summed E-state index contributed by atoms with van der Waals surface area (Å²) < 4.78 is 7.17. The Morgan fingerprint density at radius 2 is 1.89 bits per heavy atom. The first kappa shape index (κ1) is 19.3. The Kier molecular flexibility index (Phi) is 6.04. The molecule has 3 rings (SSSR count). The maximum atomic E-state index is 12.4. The van der Waals surface area contributed by atoms with Gasteiger partial charge in [0, 0.05) is 27.4 Å². The fourth-order valence-corrected chi connectivity index (χ4v) is 3.07. The fourth-order valence-electron chi connectivity index (χ4n) is 2.60. The van der Waals surface area contributed by atoms with E-state index in [-0.39, 0.29) is 5.91 Å². The second-order valence-electron chi connectivity index (χ2n) is 5.98. The number of anilines is 1. The number of nitrogens with zero attached hydrogens (tertiary/aromatic N) is 2. The van der Waals surface area contributed by atoms with Crippen LogP contribution in [0.4, 0.5) is 5.82 Å². The third-order valence-corrected chi connectivity index (χ3v) is 4.57. The van der Waals surface area contributed by atoms with E-state index in [1.807, 2.05) is 26.0 Å².